The van der Waals surface area contributed by atoms with Crippen molar-refractivity contribution >= 4 is 0 Å². The van der Waals surface area contributed by atoms with Crippen LogP contribution in [-0.2, 0) is 0 Å². The maximum Gasteiger partial charge on any atom is -0.0318 e. The van der Waals surface area contributed by atoms with Crippen molar-refractivity contribution in [2.24, 2.45) is 11.8 Å². The number of hydrogen-bond acceptors (Lipinski definition) is 0. The van der Waals surface area contributed by atoms with Gasteiger partial charge in [-0.2, -0.15) is 0 Å². The van der Waals surface area contributed by atoms with Crippen LogP contribution in [0, 0.1) is 18.8 Å². The molecule has 0 aromatic carbocycles. The van der Waals surface area contributed by atoms with Gasteiger partial charge in [-0.05, 0) is 18.8 Å². The maximum atomic E-state index is 5.66. The van der Waals surface area contributed by atoms with Gasteiger partial charge >= 0.3 is 0 Å². The van der Waals surface area contributed by atoms with Crippen LogP contribution in [0.25, 0.3) is 0 Å². The Hall–Kier alpha value is 0. The summed E-state index contributed by atoms with van der Waals surface area (Å²) in [6.45, 7) is 12.1. The summed E-state index contributed by atoms with van der Waals surface area (Å²) in [5.74, 6) is 1.11. The summed E-state index contributed by atoms with van der Waals surface area (Å²) in [6.07, 6.45) is 2.43. The first kappa shape index (κ1) is 8.00. The summed E-state index contributed by atoms with van der Waals surface area (Å²) in [6, 6.07) is 0. The van der Waals surface area contributed by atoms with Crippen molar-refractivity contribution < 1.29 is 0 Å². The van der Waals surface area contributed by atoms with E-state index in [1.807, 2.05) is 0 Å². The van der Waals surface area contributed by atoms with Crippen LogP contribution in [-0.4, -0.2) is 0 Å². The van der Waals surface area contributed by atoms with Crippen molar-refractivity contribution in [1.82, 2.24) is 0 Å². The van der Waals surface area contributed by atoms with Crippen LogP contribution in [0.3, 0.4) is 0 Å². The lowest BCUT2D eigenvalue weighted by atomic mass is 9.91. The minimum Gasteiger partial charge on any atom is -0.0651 e. The average Bonchev–Trinajstić information content (AvgIpc) is 1.69. The zero-order chi connectivity index (χ0) is 6.57. The van der Waals surface area contributed by atoms with Gasteiger partial charge in [0, 0.05) is 0 Å². The Balaban J connectivity index is 3.35. The van der Waals surface area contributed by atoms with Gasteiger partial charge in [0.2, 0.25) is 0 Å². The fourth-order valence-electron chi connectivity index (χ4n) is 1.03. The summed E-state index contributed by atoms with van der Waals surface area (Å²) >= 11 is 0. The van der Waals surface area contributed by atoms with E-state index in [2.05, 4.69) is 20.8 Å². The van der Waals surface area contributed by atoms with Gasteiger partial charge in [-0.15, -0.1) is 0 Å². The van der Waals surface area contributed by atoms with E-state index in [0.29, 0.717) is 5.92 Å². The fraction of sp³-hybridized carbons (Fsp3) is 0.875. The summed E-state index contributed by atoms with van der Waals surface area (Å²) in [7, 11) is 0. The maximum absolute atomic E-state index is 5.66. The van der Waals surface area contributed by atoms with Crippen molar-refractivity contribution in [3.8, 4) is 0 Å². The molecule has 0 aliphatic heterocycles. The van der Waals surface area contributed by atoms with Crippen LogP contribution in [0.4, 0.5) is 0 Å². The molecule has 0 saturated carbocycles. The van der Waals surface area contributed by atoms with Gasteiger partial charge in [-0.1, -0.05) is 33.6 Å². The highest BCUT2D eigenvalue weighted by Crippen LogP contribution is 2.16. The molecule has 0 nitrogen and oxygen atoms in total. The predicted octanol–water partition coefficient (Wildman–Crippen LogP) is 2.77. The minimum absolute atomic E-state index is 0.380. The fourth-order valence-corrected chi connectivity index (χ4v) is 1.03. The highest BCUT2D eigenvalue weighted by molar-refractivity contribution is 4.63. The molecule has 0 heterocycles. The Morgan fingerprint density at radius 3 is 1.62 bits per heavy atom. The molecular formula is C8H16. The van der Waals surface area contributed by atoms with Crippen molar-refractivity contribution in [1.29, 1.82) is 0 Å². The zero-order valence-corrected chi connectivity index (χ0v) is 6.15. The van der Waals surface area contributed by atoms with Gasteiger partial charge in [-0.3, -0.25) is 0 Å². The first-order chi connectivity index (χ1) is 3.72. The Morgan fingerprint density at radius 1 is 1.25 bits per heavy atom. The largest absolute Gasteiger partial charge is 0.0651 e. The van der Waals surface area contributed by atoms with E-state index in [9.17, 15) is 0 Å². The van der Waals surface area contributed by atoms with Crippen LogP contribution in [0.2, 0.25) is 0 Å². The molecule has 0 saturated heterocycles. The second-order valence-corrected chi connectivity index (χ2v) is 2.44. The Labute approximate surface area is 53.3 Å². The van der Waals surface area contributed by atoms with Crippen LogP contribution in [0.15, 0.2) is 0 Å². The van der Waals surface area contributed by atoms with Crippen molar-refractivity contribution in [3.63, 3.8) is 0 Å². The smallest absolute Gasteiger partial charge is 0.0318 e. The van der Waals surface area contributed by atoms with Crippen LogP contribution in [0.1, 0.15) is 33.6 Å². The van der Waals surface area contributed by atoms with E-state index < -0.39 is 0 Å². The van der Waals surface area contributed by atoms with Crippen molar-refractivity contribution in [2.75, 3.05) is 0 Å². The molecule has 8 heavy (non-hydrogen) atoms. The summed E-state index contributed by atoms with van der Waals surface area (Å²) in [5.41, 5.74) is 0. The molecule has 0 aromatic heterocycles. The number of hydrogen-bond donors (Lipinski definition) is 0. The molecule has 0 aliphatic rings. The first-order valence-electron chi connectivity index (χ1n) is 3.47. The molecule has 2 radical (unpaired) electrons. The highest BCUT2D eigenvalue weighted by atomic mass is 14.1. The third-order valence-corrected chi connectivity index (χ3v) is 1.79. The van der Waals surface area contributed by atoms with Gasteiger partial charge < -0.3 is 0 Å². The predicted molar refractivity (Wildman–Crippen MR) is 37.5 cm³/mol. The lowest BCUT2D eigenvalue weighted by Crippen LogP contribution is -2.05. The van der Waals surface area contributed by atoms with Gasteiger partial charge in [0.1, 0.15) is 0 Å². The van der Waals surface area contributed by atoms with Gasteiger partial charge in [0.05, 0.1) is 0 Å². The summed E-state index contributed by atoms with van der Waals surface area (Å²) in [4.78, 5) is 0. The molecule has 0 fully saturated rings. The highest BCUT2D eigenvalue weighted by Gasteiger charge is 2.06. The molecule has 0 aliphatic carbocycles. The Kier molecular flexibility index (Phi) is 3.94. The van der Waals surface area contributed by atoms with Crippen LogP contribution < -0.4 is 0 Å². The first-order valence-corrected chi connectivity index (χ1v) is 3.47. The molecule has 0 bridgehead atoms. The monoisotopic (exact) mass is 112 g/mol. The lowest BCUT2D eigenvalue weighted by Gasteiger charge is -2.14. The number of rotatable bonds is 3. The molecule has 48 valence electrons. The zero-order valence-electron chi connectivity index (χ0n) is 6.15. The molecule has 0 aromatic rings. The van der Waals surface area contributed by atoms with Crippen LogP contribution >= 0.6 is 0 Å². The quantitative estimate of drug-likeness (QED) is 0.526. The molecule has 0 N–H and O–H groups in total. The molecule has 0 amide bonds. The Bertz CT molecular complexity index is 42.0. The van der Waals surface area contributed by atoms with E-state index in [0.717, 1.165) is 5.92 Å². The van der Waals surface area contributed by atoms with E-state index in [4.69, 9.17) is 6.92 Å². The van der Waals surface area contributed by atoms with Gasteiger partial charge in [0.15, 0.2) is 0 Å². The topological polar surface area (TPSA) is 0 Å². The molecule has 1 unspecified atom stereocenters. The molecule has 0 heteroatoms. The van der Waals surface area contributed by atoms with E-state index in [1.165, 1.54) is 12.8 Å². The summed E-state index contributed by atoms with van der Waals surface area (Å²) in [5, 5.41) is 0. The second-order valence-electron chi connectivity index (χ2n) is 2.44. The van der Waals surface area contributed by atoms with Crippen molar-refractivity contribution in [2.45, 2.75) is 33.6 Å². The minimum atomic E-state index is 0.380. The molecule has 1 atom stereocenters. The standard InChI is InChI=1S/C8H16/c1-5-8(6-2)7(3)4/h3,7-8H,5-6H2,1-2,4H3. The van der Waals surface area contributed by atoms with Crippen LogP contribution in [0.5, 0.6) is 0 Å². The average molecular weight is 112 g/mol. The molecule has 0 rings (SSSR count). The Morgan fingerprint density at radius 2 is 1.62 bits per heavy atom. The summed E-state index contributed by atoms with van der Waals surface area (Å²) < 4.78 is 0. The third kappa shape index (κ3) is 2.34. The normalized spacial score (nSPS) is 11.2. The van der Waals surface area contributed by atoms with E-state index in [1.54, 1.807) is 0 Å². The van der Waals surface area contributed by atoms with Gasteiger partial charge in [-0.25, -0.2) is 0 Å². The van der Waals surface area contributed by atoms with Crippen molar-refractivity contribution in [3.05, 3.63) is 6.92 Å². The second kappa shape index (κ2) is 3.94. The molecule has 0 spiro atoms. The van der Waals surface area contributed by atoms with E-state index in [-0.39, 0.29) is 0 Å². The van der Waals surface area contributed by atoms with E-state index >= 15 is 0 Å². The van der Waals surface area contributed by atoms with Gasteiger partial charge in [0.25, 0.3) is 0 Å². The molecular weight excluding hydrogens is 96.1 g/mol. The lowest BCUT2D eigenvalue weighted by molar-refractivity contribution is 0.392. The third-order valence-electron chi connectivity index (χ3n) is 1.79. The SMILES string of the molecule is [CH]C(C)C(CC)CC.